The van der Waals surface area contributed by atoms with Gasteiger partial charge < -0.3 is 5.32 Å². The molecule has 1 aliphatic heterocycles. The van der Waals surface area contributed by atoms with Crippen LogP contribution in [0.25, 0.3) is 0 Å². The van der Waals surface area contributed by atoms with Gasteiger partial charge in [-0.3, -0.25) is 4.79 Å². The van der Waals surface area contributed by atoms with Crippen LogP contribution in [0.3, 0.4) is 0 Å². The van der Waals surface area contributed by atoms with Gasteiger partial charge in [0.05, 0.1) is 11.4 Å². The van der Waals surface area contributed by atoms with Gasteiger partial charge in [-0.1, -0.05) is 16.0 Å². The number of isocyanates is 1. The summed E-state index contributed by atoms with van der Waals surface area (Å²) in [6.07, 6.45) is 1.03. The van der Waals surface area contributed by atoms with E-state index < -0.39 is 10.0 Å². The first kappa shape index (κ1) is 11.8. The Balaban J connectivity index is 2.63. The topological polar surface area (TPSA) is 92.7 Å². The lowest BCUT2D eigenvalue weighted by molar-refractivity contribution is -0.115. The van der Waals surface area contributed by atoms with Gasteiger partial charge in [0.1, 0.15) is 4.90 Å². The molecule has 6 nitrogen and oxygen atoms in total. The summed E-state index contributed by atoms with van der Waals surface area (Å²) in [5.41, 5.74) is 0.966. The van der Waals surface area contributed by atoms with Crippen LogP contribution < -0.4 is 5.32 Å². The molecule has 1 N–H and O–H groups in total. The number of anilines is 1. The smallest absolute Gasteiger partial charge is 0.294 e. The number of carbonyl (C=O) groups is 1. The Kier molecular flexibility index (Phi) is 2.74. The van der Waals surface area contributed by atoms with E-state index in [2.05, 4.69) is 9.71 Å². The molecule has 0 atom stereocenters. The molecule has 1 amide bonds. The molecule has 2 rings (SSSR count). The average molecular weight is 273 g/mol. The fraction of sp³-hybridized carbons (Fsp3) is 0.111. The van der Waals surface area contributed by atoms with E-state index in [0.717, 1.165) is 6.08 Å². The number of hydrogen-bond donors (Lipinski definition) is 1. The molecule has 1 aromatic carbocycles. The number of amides is 1. The highest BCUT2D eigenvalue weighted by molar-refractivity contribution is 7.90. The molecular formula is C9H5ClN2O4S. The molecule has 0 radical (unpaired) electrons. The maximum absolute atomic E-state index is 11.5. The van der Waals surface area contributed by atoms with E-state index in [1.54, 1.807) is 0 Å². The second-order valence-corrected chi connectivity index (χ2v) is 5.30. The molecule has 1 aliphatic rings. The lowest BCUT2D eigenvalue weighted by atomic mass is 10.2. The van der Waals surface area contributed by atoms with Gasteiger partial charge in [0.15, 0.2) is 0 Å². The molecule has 1 aromatic rings. The van der Waals surface area contributed by atoms with Gasteiger partial charge in [-0.05, 0) is 17.7 Å². The second kappa shape index (κ2) is 3.96. The van der Waals surface area contributed by atoms with Crippen molar-refractivity contribution in [1.29, 1.82) is 0 Å². The van der Waals surface area contributed by atoms with E-state index in [9.17, 15) is 18.0 Å². The molecule has 0 saturated carbocycles. The van der Waals surface area contributed by atoms with Crippen LogP contribution in [0.4, 0.5) is 5.69 Å². The van der Waals surface area contributed by atoms with Crippen molar-refractivity contribution in [3.8, 4) is 0 Å². The fourth-order valence-corrected chi connectivity index (χ4v) is 2.77. The number of sulfonamides is 1. The van der Waals surface area contributed by atoms with E-state index in [1.165, 1.54) is 12.1 Å². The third-order valence-corrected chi connectivity index (χ3v) is 3.85. The molecule has 0 saturated heterocycles. The van der Waals surface area contributed by atoms with Gasteiger partial charge in [0.2, 0.25) is 5.91 Å². The first-order valence-corrected chi connectivity index (χ1v) is 6.22. The first-order chi connectivity index (χ1) is 7.94. The summed E-state index contributed by atoms with van der Waals surface area (Å²) < 4.78 is 25.7. The molecule has 1 heterocycles. The predicted molar refractivity (Wildman–Crippen MR) is 59.1 cm³/mol. The van der Waals surface area contributed by atoms with Crippen LogP contribution in [-0.4, -0.2) is 20.4 Å². The van der Waals surface area contributed by atoms with Gasteiger partial charge in [-0.25, -0.2) is 4.79 Å². The monoisotopic (exact) mass is 272 g/mol. The summed E-state index contributed by atoms with van der Waals surface area (Å²) in [5.74, 6) is -0.246. The number of nitrogens with one attached hydrogen (secondary N) is 1. The Morgan fingerprint density at radius 2 is 2.12 bits per heavy atom. The SMILES string of the molecule is O=C=NS(=O)(=O)c1cc2c(cc1Cl)NC(=O)C2. The van der Waals surface area contributed by atoms with Gasteiger partial charge in [0.25, 0.3) is 16.1 Å². The van der Waals surface area contributed by atoms with Crippen LogP contribution in [0.2, 0.25) is 5.02 Å². The molecule has 8 heteroatoms. The maximum atomic E-state index is 11.5. The van der Waals surface area contributed by atoms with Crippen molar-refractivity contribution < 1.29 is 18.0 Å². The van der Waals surface area contributed by atoms with E-state index in [4.69, 9.17) is 11.6 Å². The highest BCUT2D eigenvalue weighted by atomic mass is 35.5. The van der Waals surface area contributed by atoms with E-state index in [0.29, 0.717) is 11.3 Å². The summed E-state index contributed by atoms with van der Waals surface area (Å²) in [6.45, 7) is 0. The summed E-state index contributed by atoms with van der Waals surface area (Å²) in [6, 6.07) is 2.54. The van der Waals surface area contributed by atoms with Crippen molar-refractivity contribution in [2.75, 3.05) is 5.32 Å². The zero-order valence-electron chi connectivity index (χ0n) is 8.23. The van der Waals surface area contributed by atoms with Crippen LogP contribution in [0, 0.1) is 0 Å². The lowest BCUT2D eigenvalue weighted by Crippen LogP contribution is -2.03. The molecule has 0 bridgehead atoms. The van der Waals surface area contributed by atoms with Crippen LogP contribution >= 0.6 is 11.6 Å². The normalized spacial score (nSPS) is 13.8. The van der Waals surface area contributed by atoms with Crippen molar-refractivity contribution >= 4 is 39.3 Å². The Morgan fingerprint density at radius 3 is 2.76 bits per heavy atom. The number of carbonyl (C=O) groups excluding carboxylic acids is 2. The first-order valence-electron chi connectivity index (χ1n) is 4.40. The minimum absolute atomic E-state index is 0.0693. The maximum Gasteiger partial charge on any atom is 0.294 e. The lowest BCUT2D eigenvalue weighted by Gasteiger charge is -2.04. The highest BCUT2D eigenvalue weighted by Crippen LogP contribution is 2.32. The minimum Gasteiger partial charge on any atom is -0.325 e. The summed E-state index contributed by atoms with van der Waals surface area (Å²) in [4.78, 5) is 20.8. The Bertz CT molecular complexity index is 662. The van der Waals surface area contributed by atoms with Gasteiger partial charge in [0, 0.05) is 5.69 Å². The Hall–Kier alpha value is -1.69. The summed E-state index contributed by atoms with van der Waals surface area (Å²) in [7, 11) is -4.15. The molecule has 17 heavy (non-hydrogen) atoms. The van der Waals surface area contributed by atoms with Crippen LogP contribution in [0.1, 0.15) is 5.56 Å². The Labute approximate surface area is 101 Å². The predicted octanol–water partition coefficient (Wildman–Crippen LogP) is 0.859. The third-order valence-electron chi connectivity index (χ3n) is 2.22. The van der Waals surface area contributed by atoms with Crippen LogP contribution in [0.5, 0.6) is 0 Å². The van der Waals surface area contributed by atoms with Crippen LogP contribution in [-0.2, 0) is 26.0 Å². The summed E-state index contributed by atoms with van der Waals surface area (Å²) >= 11 is 5.76. The summed E-state index contributed by atoms with van der Waals surface area (Å²) in [5, 5.41) is 2.42. The number of fused-ring (bicyclic) bond motifs is 1. The van der Waals surface area contributed by atoms with Gasteiger partial charge >= 0.3 is 0 Å². The van der Waals surface area contributed by atoms with E-state index in [1.807, 2.05) is 0 Å². The van der Waals surface area contributed by atoms with Crippen molar-refractivity contribution in [3.63, 3.8) is 0 Å². The fourth-order valence-electron chi connectivity index (χ4n) is 1.52. The van der Waals surface area contributed by atoms with Crippen LogP contribution in [0.15, 0.2) is 21.4 Å². The molecule has 0 fully saturated rings. The van der Waals surface area contributed by atoms with Crippen molar-refractivity contribution in [2.45, 2.75) is 11.3 Å². The van der Waals surface area contributed by atoms with Gasteiger partial charge in [-0.15, -0.1) is 0 Å². The number of hydrogen-bond acceptors (Lipinski definition) is 4. The molecule has 88 valence electrons. The van der Waals surface area contributed by atoms with Crippen molar-refractivity contribution in [2.24, 2.45) is 4.40 Å². The number of halogens is 1. The number of benzene rings is 1. The zero-order valence-corrected chi connectivity index (χ0v) is 9.80. The molecule has 0 spiro atoms. The van der Waals surface area contributed by atoms with E-state index in [-0.39, 0.29) is 22.2 Å². The quantitative estimate of drug-likeness (QED) is 0.638. The minimum atomic E-state index is -4.15. The number of rotatable bonds is 2. The second-order valence-electron chi connectivity index (χ2n) is 3.32. The molecule has 0 aromatic heterocycles. The Morgan fingerprint density at radius 1 is 1.41 bits per heavy atom. The standard InChI is InChI=1S/C9H5ClN2O4S/c10-6-3-7-5(2-9(14)12-7)1-8(6)17(15,16)11-4-13/h1,3H,2H2,(H,12,14). The molecular weight excluding hydrogens is 268 g/mol. The number of nitrogens with zero attached hydrogens (tertiary/aromatic N) is 1. The van der Waals surface area contributed by atoms with E-state index >= 15 is 0 Å². The van der Waals surface area contributed by atoms with Crippen molar-refractivity contribution in [3.05, 3.63) is 22.7 Å². The average Bonchev–Trinajstić information content (AvgIpc) is 2.55. The molecule has 0 aliphatic carbocycles. The zero-order chi connectivity index (χ0) is 12.6. The largest absolute Gasteiger partial charge is 0.325 e. The third kappa shape index (κ3) is 2.08. The molecule has 0 unspecified atom stereocenters. The van der Waals surface area contributed by atoms with Gasteiger partial charge in [-0.2, -0.15) is 8.42 Å². The van der Waals surface area contributed by atoms with Crippen molar-refractivity contribution in [1.82, 2.24) is 0 Å². The highest BCUT2D eigenvalue weighted by Gasteiger charge is 2.24.